The summed E-state index contributed by atoms with van der Waals surface area (Å²) in [5.74, 6) is -2.85. The van der Waals surface area contributed by atoms with Gasteiger partial charge in [-0.15, -0.1) is 0 Å². The van der Waals surface area contributed by atoms with Crippen LogP contribution in [-0.4, -0.2) is 23.9 Å². The number of aryl methyl sites for hydroxylation is 1. The largest absolute Gasteiger partial charge is 0.329 e. The lowest BCUT2D eigenvalue weighted by Gasteiger charge is -2.11. The van der Waals surface area contributed by atoms with Crippen LogP contribution in [0.1, 0.15) is 21.5 Å². The molecule has 3 aromatic rings. The third-order valence-electron chi connectivity index (χ3n) is 4.19. The second kappa shape index (κ2) is 9.93. The van der Waals surface area contributed by atoms with Gasteiger partial charge in [0.25, 0.3) is 5.91 Å². The predicted octanol–water partition coefficient (Wildman–Crippen LogP) is 3.48. The van der Waals surface area contributed by atoms with Crippen LogP contribution in [0, 0.1) is 12.7 Å². The Hall–Kier alpha value is -4.33. The van der Waals surface area contributed by atoms with Crippen LogP contribution in [0.3, 0.4) is 0 Å². The van der Waals surface area contributed by atoms with E-state index in [1.807, 2.05) is 19.1 Å². The summed E-state index contributed by atoms with van der Waals surface area (Å²) in [4.78, 5) is 36.8. The molecule has 3 amide bonds. The standard InChI is InChI=1S/C23H19FN4O3/c1-15-6-12-18(13-7-15)26-21(29)19-4-2-3-5-20(19)27-22(30)23(31)28-25-14-16-8-10-17(24)11-9-16/h2-14H,1H3,(H,26,29)(H,27,30)(H,28,31)/b25-14-. The van der Waals surface area contributed by atoms with E-state index in [0.717, 1.165) is 5.56 Å². The molecule has 31 heavy (non-hydrogen) atoms. The average Bonchev–Trinajstić information content (AvgIpc) is 2.77. The maximum absolute atomic E-state index is 12.9. The first-order valence-electron chi connectivity index (χ1n) is 9.29. The zero-order valence-electron chi connectivity index (χ0n) is 16.6. The number of halogens is 1. The number of anilines is 2. The number of hydrogen-bond donors (Lipinski definition) is 3. The first kappa shape index (κ1) is 21.4. The molecule has 0 aliphatic heterocycles. The summed E-state index contributed by atoms with van der Waals surface area (Å²) < 4.78 is 12.9. The van der Waals surface area contributed by atoms with Crippen LogP contribution < -0.4 is 16.1 Å². The Labute approximate surface area is 178 Å². The molecule has 0 saturated heterocycles. The Kier molecular flexibility index (Phi) is 6.85. The van der Waals surface area contributed by atoms with Gasteiger partial charge in [0, 0.05) is 5.69 Å². The van der Waals surface area contributed by atoms with Gasteiger partial charge >= 0.3 is 11.8 Å². The second-order valence-corrected chi connectivity index (χ2v) is 6.57. The Balaban J connectivity index is 1.63. The normalized spacial score (nSPS) is 10.5. The first-order valence-corrected chi connectivity index (χ1v) is 9.29. The number of para-hydroxylation sites is 1. The molecule has 0 spiro atoms. The third kappa shape index (κ3) is 6.07. The Morgan fingerprint density at radius 2 is 1.52 bits per heavy atom. The van der Waals surface area contributed by atoms with E-state index >= 15 is 0 Å². The third-order valence-corrected chi connectivity index (χ3v) is 4.19. The zero-order valence-corrected chi connectivity index (χ0v) is 16.6. The number of carbonyl (C=O) groups is 3. The fourth-order valence-corrected chi connectivity index (χ4v) is 2.57. The molecule has 0 aliphatic rings. The van der Waals surface area contributed by atoms with Gasteiger partial charge in [-0.05, 0) is 48.9 Å². The Morgan fingerprint density at radius 3 is 2.23 bits per heavy atom. The molecule has 3 rings (SSSR count). The van der Waals surface area contributed by atoms with Gasteiger partial charge in [-0.3, -0.25) is 14.4 Å². The van der Waals surface area contributed by atoms with Gasteiger partial charge in [0.2, 0.25) is 0 Å². The van der Waals surface area contributed by atoms with Crippen molar-refractivity contribution in [3.63, 3.8) is 0 Å². The number of carbonyl (C=O) groups excluding carboxylic acids is 3. The topological polar surface area (TPSA) is 99.7 Å². The lowest BCUT2D eigenvalue weighted by Crippen LogP contribution is -2.33. The van der Waals surface area contributed by atoms with Crippen LogP contribution in [0.25, 0.3) is 0 Å². The van der Waals surface area contributed by atoms with Crippen LogP contribution in [0.2, 0.25) is 0 Å². The number of hydrogen-bond acceptors (Lipinski definition) is 4. The highest BCUT2D eigenvalue weighted by Gasteiger charge is 2.17. The summed E-state index contributed by atoms with van der Waals surface area (Å²) in [5, 5.41) is 8.82. The molecule has 0 aliphatic carbocycles. The van der Waals surface area contributed by atoms with Crippen LogP contribution in [-0.2, 0) is 9.59 Å². The molecule has 3 aromatic carbocycles. The van der Waals surface area contributed by atoms with Crippen molar-refractivity contribution in [3.05, 3.63) is 95.3 Å². The van der Waals surface area contributed by atoms with Gasteiger partial charge in [-0.1, -0.05) is 42.0 Å². The quantitative estimate of drug-likeness (QED) is 0.336. The van der Waals surface area contributed by atoms with Gasteiger partial charge < -0.3 is 10.6 Å². The molecule has 0 saturated carbocycles. The van der Waals surface area contributed by atoms with Crippen LogP contribution >= 0.6 is 0 Å². The highest BCUT2D eigenvalue weighted by molar-refractivity contribution is 6.40. The van der Waals surface area contributed by atoms with Gasteiger partial charge in [0.05, 0.1) is 17.5 Å². The molecule has 3 N–H and O–H groups in total. The average molecular weight is 418 g/mol. The maximum atomic E-state index is 12.9. The van der Waals surface area contributed by atoms with Crippen molar-refractivity contribution in [2.24, 2.45) is 5.10 Å². The van der Waals surface area contributed by atoms with Gasteiger partial charge in [0.1, 0.15) is 5.82 Å². The molecule has 0 bridgehead atoms. The van der Waals surface area contributed by atoms with Crippen LogP contribution in [0.15, 0.2) is 77.9 Å². The fourth-order valence-electron chi connectivity index (χ4n) is 2.57. The predicted molar refractivity (Wildman–Crippen MR) is 116 cm³/mol. The molecule has 0 atom stereocenters. The minimum atomic E-state index is -1.02. The number of nitrogens with one attached hydrogen (secondary N) is 3. The Bertz CT molecular complexity index is 1130. The van der Waals surface area contributed by atoms with Crippen molar-refractivity contribution < 1.29 is 18.8 Å². The Morgan fingerprint density at radius 1 is 0.839 bits per heavy atom. The van der Waals surface area contributed by atoms with E-state index in [1.165, 1.54) is 42.6 Å². The highest BCUT2D eigenvalue weighted by atomic mass is 19.1. The van der Waals surface area contributed by atoms with E-state index in [-0.39, 0.29) is 11.3 Å². The van der Waals surface area contributed by atoms with Crippen molar-refractivity contribution in [3.8, 4) is 0 Å². The van der Waals surface area contributed by atoms with E-state index in [9.17, 15) is 18.8 Å². The van der Waals surface area contributed by atoms with Crippen molar-refractivity contribution in [2.45, 2.75) is 6.92 Å². The van der Waals surface area contributed by atoms with Crippen LogP contribution in [0.5, 0.6) is 0 Å². The molecule has 0 radical (unpaired) electrons. The van der Waals surface area contributed by atoms with E-state index in [2.05, 4.69) is 21.2 Å². The van der Waals surface area contributed by atoms with E-state index in [0.29, 0.717) is 11.3 Å². The van der Waals surface area contributed by atoms with Gasteiger partial charge in [0.15, 0.2) is 0 Å². The lowest BCUT2D eigenvalue weighted by molar-refractivity contribution is -0.136. The fraction of sp³-hybridized carbons (Fsp3) is 0.0435. The molecule has 7 nitrogen and oxygen atoms in total. The summed E-state index contributed by atoms with van der Waals surface area (Å²) in [6.45, 7) is 1.94. The monoisotopic (exact) mass is 418 g/mol. The lowest BCUT2D eigenvalue weighted by atomic mass is 10.1. The summed E-state index contributed by atoms with van der Waals surface area (Å²) in [6, 6.07) is 19.0. The van der Waals surface area contributed by atoms with Crippen molar-refractivity contribution >= 4 is 35.3 Å². The minimum absolute atomic E-state index is 0.176. The molecule has 0 fully saturated rings. The molecule has 8 heteroatoms. The van der Waals surface area contributed by atoms with Crippen molar-refractivity contribution in [2.75, 3.05) is 10.6 Å². The number of rotatable bonds is 5. The zero-order chi connectivity index (χ0) is 22.2. The minimum Gasteiger partial charge on any atom is -0.322 e. The summed E-state index contributed by atoms with van der Waals surface area (Å²) in [7, 11) is 0. The van der Waals surface area contributed by atoms with Crippen molar-refractivity contribution in [1.82, 2.24) is 5.43 Å². The van der Waals surface area contributed by atoms with Crippen LogP contribution in [0.4, 0.5) is 15.8 Å². The molecular formula is C23H19FN4O3. The highest BCUT2D eigenvalue weighted by Crippen LogP contribution is 2.18. The number of amides is 3. The SMILES string of the molecule is Cc1ccc(NC(=O)c2ccccc2NC(=O)C(=O)N/N=C\c2ccc(F)cc2)cc1. The van der Waals surface area contributed by atoms with Gasteiger partial charge in [-0.2, -0.15) is 5.10 Å². The molecule has 0 aromatic heterocycles. The molecule has 156 valence electrons. The van der Waals surface area contributed by atoms with Crippen molar-refractivity contribution in [1.29, 1.82) is 0 Å². The molecule has 0 unspecified atom stereocenters. The van der Waals surface area contributed by atoms with E-state index < -0.39 is 23.5 Å². The summed E-state index contributed by atoms with van der Waals surface area (Å²) >= 11 is 0. The summed E-state index contributed by atoms with van der Waals surface area (Å²) in [5.41, 5.74) is 4.65. The van der Waals surface area contributed by atoms with E-state index in [4.69, 9.17) is 0 Å². The number of benzene rings is 3. The maximum Gasteiger partial charge on any atom is 0.329 e. The molecular weight excluding hydrogens is 399 g/mol. The summed E-state index contributed by atoms with van der Waals surface area (Å²) in [6.07, 6.45) is 1.27. The van der Waals surface area contributed by atoms with E-state index in [1.54, 1.807) is 24.3 Å². The molecule has 0 heterocycles. The number of nitrogens with zero attached hydrogens (tertiary/aromatic N) is 1. The smallest absolute Gasteiger partial charge is 0.322 e. The first-order chi connectivity index (χ1) is 14.9. The number of hydrazone groups is 1. The van der Waals surface area contributed by atoms with Gasteiger partial charge in [-0.25, -0.2) is 9.82 Å². The second-order valence-electron chi connectivity index (χ2n) is 6.57.